The smallest absolute Gasteiger partial charge is 0.306 e. The van der Waals surface area contributed by atoms with Crippen LogP contribution in [0, 0.1) is 0 Å². The van der Waals surface area contributed by atoms with Gasteiger partial charge in [-0.1, -0.05) is 297 Å². The highest BCUT2D eigenvalue weighted by Crippen LogP contribution is 2.17. The Bertz CT molecular complexity index is 1720. The van der Waals surface area contributed by atoms with Gasteiger partial charge in [-0.05, 0) is 96.3 Å². The molecule has 0 aromatic heterocycles. The van der Waals surface area contributed by atoms with Gasteiger partial charge in [0.2, 0.25) is 0 Å². The lowest BCUT2D eigenvalue weighted by molar-refractivity contribution is -0.870. The largest absolute Gasteiger partial charge is 0.545 e. The van der Waals surface area contributed by atoms with Gasteiger partial charge in [-0.2, -0.15) is 0 Å². The summed E-state index contributed by atoms with van der Waals surface area (Å²) in [5.41, 5.74) is 0. The second kappa shape index (κ2) is 66.2. The summed E-state index contributed by atoms with van der Waals surface area (Å²) in [6.45, 7) is 4.65. The van der Waals surface area contributed by atoms with E-state index < -0.39 is 24.3 Å². The van der Waals surface area contributed by atoms with Gasteiger partial charge in [-0.25, -0.2) is 0 Å². The molecule has 0 saturated heterocycles. The number of allylic oxidation sites excluding steroid dienone is 16. The van der Waals surface area contributed by atoms with E-state index in [0.717, 1.165) is 83.5 Å². The van der Waals surface area contributed by atoms with Gasteiger partial charge in [0.25, 0.3) is 0 Å². The highest BCUT2D eigenvalue weighted by molar-refractivity contribution is 5.70. The van der Waals surface area contributed by atoms with E-state index in [4.69, 9.17) is 18.9 Å². The first kappa shape index (κ1) is 81.2. The van der Waals surface area contributed by atoms with Crippen molar-refractivity contribution in [1.82, 2.24) is 0 Å². The molecule has 0 fully saturated rings. The van der Waals surface area contributed by atoms with E-state index in [1.807, 2.05) is 21.1 Å². The Morgan fingerprint density at radius 3 is 1.00 bits per heavy atom. The minimum atomic E-state index is -1.63. The van der Waals surface area contributed by atoms with E-state index in [1.165, 1.54) is 193 Å². The molecule has 9 nitrogen and oxygen atoms in total. The van der Waals surface area contributed by atoms with Gasteiger partial charge in [0.15, 0.2) is 12.4 Å². The van der Waals surface area contributed by atoms with E-state index in [9.17, 15) is 19.5 Å². The van der Waals surface area contributed by atoms with E-state index in [0.29, 0.717) is 17.4 Å². The summed E-state index contributed by atoms with van der Waals surface area (Å²) >= 11 is 0. The zero-order chi connectivity index (χ0) is 61.9. The van der Waals surface area contributed by atoms with Crippen molar-refractivity contribution in [1.29, 1.82) is 0 Å². The minimum absolute atomic E-state index is 0.145. The third-order valence-electron chi connectivity index (χ3n) is 15.3. The molecular formula is C76H133NO8. The van der Waals surface area contributed by atoms with Crippen LogP contribution in [0.4, 0.5) is 0 Å². The molecule has 85 heavy (non-hydrogen) atoms. The van der Waals surface area contributed by atoms with Crippen molar-refractivity contribution in [2.45, 2.75) is 322 Å². The molecule has 0 aliphatic heterocycles. The molecule has 0 saturated carbocycles. The minimum Gasteiger partial charge on any atom is -0.545 e. The van der Waals surface area contributed by atoms with Crippen LogP contribution in [0.1, 0.15) is 309 Å². The number of carboxylic acids is 1. The number of hydrogen-bond acceptors (Lipinski definition) is 8. The molecule has 0 radical (unpaired) electrons. The highest BCUT2D eigenvalue weighted by atomic mass is 16.7. The summed E-state index contributed by atoms with van der Waals surface area (Å²) in [7, 11) is 5.93. The molecule has 0 rings (SSSR count). The van der Waals surface area contributed by atoms with Crippen molar-refractivity contribution in [2.75, 3.05) is 47.5 Å². The summed E-state index contributed by atoms with van der Waals surface area (Å²) in [4.78, 5) is 37.5. The van der Waals surface area contributed by atoms with Crippen LogP contribution in [0.2, 0.25) is 0 Å². The quantitative estimate of drug-likeness (QED) is 0.0195. The zero-order valence-electron chi connectivity index (χ0n) is 56.0. The van der Waals surface area contributed by atoms with Crippen LogP contribution in [0.15, 0.2) is 97.2 Å². The predicted molar refractivity (Wildman–Crippen MR) is 361 cm³/mol. The van der Waals surface area contributed by atoms with Crippen molar-refractivity contribution in [2.24, 2.45) is 0 Å². The lowest BCUT2D eigenvalue weighted by Crippen LogP contribution is -2.44. The van der Waals surface area contributed by atoms with Gasteiger partial charge in [0.05, 0.1) is 40.3 Å². The second-order valence-corrected chi connectivity index (χ2v) is 24.8. The summed E-state index contributed by atoms with van der Waals surface area (Å²) in [5, 5.41) is 11.8. The van der Waals surface area contributed by atoms with Crippen molar-refractivity contribution < 1.29 is 42.9 Å². The summed E-state index contributed by atoms with van der Waals surface area (Å²) < 4.78 is 22.8. The van der Waals surface area contributed by atoms with Crippen molar-refractivity contribution in [3.8, 4) is 0 Å². The van der Waals surface area contributed by atoms with Crippen molar-refractivity contribution in [3.63, 3.8) is 0 Å². The fraction of sp³-hybridized carbons (Fsp3) is 0.750. The van der Waals surface area contributed by atoms with Crippen molar-refractivity contribution >= 4 is 17.9 Å². The summed E-state index contributed by atoms with van der Waals surface area (Å²) in [6.07, 6.45) is 87.7. The van der Waals surface area contributed by atoms with Crippen LogP contribution >= 0.6 is 0 Å². The predicted octanol–water partition coefficient (Wildman–Crippen LogP) is 20.7. The molecular weight excluding hydrogens is 1050 g/mol. The first-order valence-corrected chi connectivity index (χ1v) is 35.4. The Labute approximate surface area is 524 Å². The lowest BCUT2D eigenvalue weighted by Gasteiger charge is -2.26. The molecule has 490 valence electrons. The van der Waals surface area contributed by atoms with Crippen LogP contribution in [0.3, 0.4) is 0 Å². The Kier molecular flexibility index (Phi) is 63.2. The number of nitrogens with zero attached hydrogens (tertiary/aromatic N) is 1. The number of hydrogen-bond donors (Lipinski definition) is 0. The third kappa shape index (κ3) is 67.6. The van der Waals surface area contributed by atoms with Gasteiger partial charge in [-0.15, -0.1) is 0 Å². The fourth-order valence-electron chi connectivity index (χ4n) is 9.93. The molecule has 0 aliphatic carbocycles. The van der Waals surface area contributed by atoms with Crippen LogP contribution in [0.5, 0.6) is 0 Å². The Morgan fingerprint density at radius 1 is 0.365 bits per heavy atom. The topological polar surface area (TPSA) is 111 Å². The molecule has 0 amide bonds. The zero-order valence-corrected chi connectivity index (χ0v) is 56.0. The number of quaternary nitrogens is 1. The number of unbranched alkanes of at least 4 members (excludes halogenated alkanes) is 34. The summed E-state index contributed by atoms with van der Waals surface area (Å²) in [5.74, 6) is -2.27. The number of rotatable bonds is 65. The molecule has 0 aromatic rings. The maximum absolute atomic E-state index is 12.9. The van der Waals surface area contributed by atoms with E-state index in [2.05, 4.69) is 111 Å². The van der Waals surface area contributed by atoms with Crippen LogP contribution in [0.25, 0.3) is 0 Å². The fourth-order valence-corrected chi connectivity index (χ4v) is 9.93. The lowest BCUT2D eigenvalue weighted by atomic mass is 10.0. The Morgan fingerprint density at radius 2 is 0.671 bits per heavy atom. The number of ether oxygens (including phenoxy) is 4. The average Bonchev–Trinajstić information content (AvgIpc) is 3.49. The Balaban J connectivity index is 4.11. The first-order chi connectivity index (χ1) is 41.6. The van der Waals surface area contributed by atoms with Gasteiger partial charge >= 0.3 is 11.9 Å². The molecule has 9 heteroatoms. The molecule has 2 atom stereocenters. The first-order valence-electron chi connectivity index (χ1n) is 35.4. The molecule has 0 heterocycles. The van der Waals surface area contributed by atoms with Crippen LogP contribution in [-0.2, 0) is 33.3 Å². The Hall–Kier alpha value is -3.79. The maximum Gasteiger partial charge on any atom is 0.306 e. The number of carbonyl (C=O) groups excluding carboxylic acids is 3. The standard InChI is InChI=1S/C76H133NO8/c1-6-8-10-12-14-16-18-20-22-24-26-28-30-32-34-36-37-39-41-43-45-47-49-51-53-55-57-59-61-63-65-67-74(79)85-72(71-84-76(75(80)81)82-69-68-77(3,4)5)70-83-73(78)66-64-62-60-58-56-54-52-50-48-46-44-42-40-38-35-33-31-29-27-25-23-21-19-17-15-13-11-9-7-2/h8,10,14,16,19-22,25-28,31-34,72,76H,6-7,9,11-13,15,17-18,23-24,29-30,35-71H2,1-5H3/b10-8-,16-14-,21-19-,22-20-,27-25-,28-26-,33-31-,34-32-. The number of carboxylic acid groups (broad SMARTS) is 1. The molecule has 0 N–H and O–H groups in total. The van der Waals surface area contributed by atoms with E-state index in [-0.39, 0.29) is 38.6 Å². The maximum atomic E-state index is 12.9. The van der Waals surface area contributed by atoms with Gasteiger partial charge in [0, 0.05) is 12.8 Å². The molecule has 2 unspecified atom stereocenters. The average molecular weight is 1190 g/mol. The summed E-state index contributed by atoms with van der Waals surface area (Å²) in [6, 6.07) is 0. The van der Waals surface area contributed by atoms with Crippen LogP contribution < -0.4 is 5.11 Å². The van der Waals surface area contributed by atoms with Crippen LogP contribution in [-0.4, -0.2) is 82.3 Å². The normalized spacial score (nSPS) is 13.3. The number of aliphatic carboxylic acids is 1. The third-order valence-corrected chi connectivity index (χ3v) is 15.3. The van der Waals surface area contributed by atoms with Gasteiger partial charge in [0.1, 0.15) is 13.2 Å². The van der Waals surface area contributed by atoms with Crippen molar-refractivity contribution in [3.05, 3.63) is 97.2 Å². The number of esters is 2. The molecule has 0 spiro atoms. The second-order valence-electron chi connectivity index (χ2n) is 24.8. The number of likely N-dealkylation sites (N-methyl/N-ethyl adjacent to an activating group) is 1. The molecule has 0 bridgehead atoms. The number of carbonyl (C=O) groups is 3. The van der Waals surface area contributed by atoms with Gasteiger partial charge in [-0.3, -0.25) is 9.59 Å². The van der Waals surface area contributed by atoms with Gasteiger partial charge < -0.3 is 33.3 Å². The SMILES string of the molecule is CC/C=C\C/C=C\C/C=C\C/C=C\C/C=C\CCCCCCCCCCCCCCCCCC(=O)OC(COC(=O)CCCCCCCCCCCCCCCC/C=C\C/C=C\C/C=C\CCCCCCC)COC(OCC[N+](C)(C)C)C(=O)[O-]. The monoisotopic (exact) mass is 1190 g/mol. The van der Waals surface area contributed by atoms with E-state index in [1.54, 1.807) is 0 Å². The highest BCUT2D eigenvalue weighted by Gasteiger charge is 2.22. The molecule has 0 aromatic carbocycles. The van der Waals surface area contributed by atoms with E-state index >= 15 is 0 Å². The molecule has 0 aliphatic rings.